The van der Waals surface area contributed by atoms with Crippen molar-refractivity contribution < 1.29 is 18.4 Å². The Kier molecular flexibility index (Phi) is 4.65. The van der Waals surface area contributed by atoms with Crippen molar-refractivity contribution in [2.24, 2.45) is 23.2 Å². The van der Waals surface area contributed by atoms with Crippen LogP contribution in [0.4, 0.5) is 8.78 Å². The van der Waals surface area contributed by atoms with E-state index in [1.807, 2.05) is 0 Å². The maximum Gasteiger partial charge on any atom is 0.244 e. The van der Waals surface area contributed by atoms with Gasteiger partial charge in [0.15, 0.2) is 17.4 Å². The molecule has 4 aliphatic rings. The summed E-state index contributed by atoms with van der Waals surface area (Å²) in [5.74, 6) is -0.490. The number of amides is 1. The number of halogens is 2. The molecule has 1 aromatic carbocycles. The summed E-state index contributed by atoms with van der Waals surface area (Å²) in [6, 6.07) is 3.03. The van der Waals surface area contributed by atoms with E-state index in [4.69, 9.17) is 0 Å². The van der Waals surface area contributed by atoms with E-state index in [2.05, 4.69) is 12.2 Å². The van der Waals surface area contributed by atoms with Gasteiger partial charge in [0.25, 0.3) is 0 Å². The highest BCUT2D eigenvalue weighted by Crippen LogP contribution is 2.61. The first-order valence-electron chi connectivity index (χ1n) is 9.82. The highest BCUT2D eigenvalue weighted by atomic mass is 19.2. The molecule has 4 aliphatic carbocycles. The third kappa shape index (κ3) is 3.56. The Morgan fingerprint density at radius 2 is 1.63 bits per heavy atom. The highest BCUT2D eigenvalue weighted by Gasteiger charge is 2.53. The minimum Gasteiger partial charge on any atom is -0.350 e. The van der Waals surface area contributed by atoms with E-state index in [9.17, 15) is 18.4 Å². The first-order chi connectivity index (χ1) is 12.8. The van der Waals surface area contributed by atoms with Crippen LogP contribution in [0.25, 0.3) is 0 Å². The number of carbonyl (C=O) groups excluding carboxylic acids is 2. The molecule has 4 saturated carbocycles. The highest BCUT2D eigenvalue weighted by molar-refractivity contribution is 6.07. The Morgan fingerprint density at radius 1 is 1.04 bits per heavy atom. The van der Waals surface area contributed by atoms with E-state index >= 15 is 0 Å². The maximum atomic E-state index is 13.2. The quantitative estimate of drug-likeness (QED) is 0.613. The van der Waals surface area contributed by atoms with E-state index < -0.39 is 17.4 Å². The zero-order valence-electron chi connectivity index (χ0n) is 15.5. The molecule has 0 saturated heterocycles. The lowest BCUT2D eigenvalue weighted by Crippen LogP contribution is -2.55. The summed E-state index contributed by atoms with van der Waals surface area (Å²) >= 11 is 0. The molecule has 0 radical (unpaired) electrons. The lowest BCUT2D eigenvalue weighted by Gasteiger charge is -2.59. The maximum absolute atomic E-state index is 13.2. The molecule has 1 amide bonds. The van der Waals surface area contributed by atoms with Crippen LogP contribution in [0.1, 0.15) is 55.8 Å². The normalized spacial score (nSPS) is 32.6. The van der Waals surface area contributed by atoms with Crippen LogP contribution < -0.4 is 5.32 Å². The van der Waals surface area contributed by atoms with Gasteiger partial charge in [-0.15, -0.1) is 0 Å². The molecule has 0 aliphatic heterocycles. The molecule has 0 heterocycles. The van der Waals surface area contributed by atoms with Crippen molar-refractivity contribution in [1.29, 1.82) is 0 Å². The number of hydrogen-bond acceptors (Lipinski definition) is 2. The first-order valence-corrected chi connectivity index (χ1v) is 9.82. The van der Waals surface area contributed by atoms with Gasteiger partial charge in [-0.05, 0) is 92.9 Å². The van der Waals surface area contributed by atoms with Gasteiger partial charge in [-0.1, -0.05) is 0 Å². The number of ketones is 1. The molecule has 1 aromatic rings. The zero-order valence-corrected chi connectivity index (χ0v) is 15.5. The number of rotatable bonds is 5. The average Bonchev–Trinajstić information content (AvgIpc) is 2.61. The van der Waals surface area contributed by atoms with E-state index in [0.717, 1.165) is 36.0 Å². The fourth-order valence-corrected chi connectivity index (χ4v) is 6.02. The molecule has 0 spiro atoms. The van der Waals surface area contributed by atoms with Crippen LogP contribution in [0, 0.1) is 34.8 Å². The Labute approximate surface area is 158 Å². The van der Waals surface area contributed by atoms with Crippen LogP contribution in [-0.4, -0.2) is 17.7 Å². The van der Waals surface area contributed by atoms with Crippen LogP contribution in [0.5, 0.6) is 0 Å². The van der Waals surface area contributed by atoms with Crippen molar-refractivity contribution in [3.05, 3.63) is 47.5 Å². The molecule has 27 heavy (non-hydrogen) atoms. The Hall–Kier alpha value is -2.04. The second-order valence-corrected chi connectivity index (χ2v) is 8.84. The van der Waals surface area contributed by atoms with Crippen LogP contribution in [-0.2, 0) is 4.79 Å². The fraction of sp³-hybridized carbons (Fsp3) is 0.545. The number of hydrogen-bond donors (Lipinski definition) is 1. The molecule has 1 atom stereocenters. The van der Waals surface area contributed by atoms with Gasteiger partial charge < -0.3 is 5.32 Å². The summed E-state index contributed by atoms with van der Waals surface area (Å²) in [5, 5.41) is 3.05. The SMILES string of the molecule is C[C@@H](NC(=O)/C=C/C(=O)c1ccc(F)c(F)c1)C12CC3CC(CC(C3)C1)C2. The molecule has 144 valence electrons. The number of benzene rings is 1. The van der Waals surface area contributed by atoms with Gasteiger partial charge in [-0.3, -0.25) is 9.59 Å². The summed E-state index contributed by atoms with van der Waals surface area (Å²) in [4.78, 5) is 24.4. The molecule has 4 fully saturated rings. The Morgan fingerprint density at radius 3 is 2.19 bits per heavy atom. The van der Waals surface area contributed by atoms with Crippen molar-refractivity contribution in [1.82, 2.24) is 5.32 Å². The van der Waals surface area contributed by atoms with Gasteiger partial charge in [0.1, 0.15) is 0 Å². The third-order valence-corrected chi connectivity index (χ3v) is 6.95. The van der Waals surface area contributed by atoms with Crippen LogP contribution >= 0.6 is 0 Å². The fourth-order valence-electron chi connectivity index (χ4n) is 6.02. The van der Waals surface area contributed by atoms with Gasteiger partial charge >= 0.3 is 0 Å². The van der Waals surface area contributed by atoms with Crippen molar-refractivity contribution in [3.63, 3.8) is 0 Å². The van der Waals surface area contributed by atoms with Crippen LogP contribution in [0.15, 0.2) is 30.4 Å². The third-order valence-electron chi connectivity index (χ3n) is 6.95. The molecule has 0 aromatic heterocycles. The van der Waals surface area contributed by atoms with Crippen LogP contribution in [0.3, 0.4) is 0 Å². The molecule has 0 unspecified atom stereocenters. The first kappa shape index (κ1) is 18.3. The predicted octanol–water partition coefficient (Wildman–Crippen LogP) is 4.42. The standard InChI is InChI=1S/C22H25F2NO2/c1-13(22-10-14-6-15(11-22)8-16(7-14)12-22)25-21(27)5-4-20(26)17-2-3-18(23)19(24)9-17/h2-5,9,13-16H,6-8,10-12H2,1H3,(H,25,27)/b5-4+/t13-,14?,15?,16?,22?/m1/s1. The van der Waals surface area contributed by atoms with E-state index in [1.54, 1.807) is 0 Å². The van der Waals surface area contributed by atoms with Gasteiger partial charge in [0.2, 0.25) is 5.91 Å². The molecule has 3 nitrogen and oxygen atoms in total. The molecule has 1 N–H and O–H groups in total. The summed E-state index contributed by atoms with van der Waals surface area (Å²) < 4.78 is 26.2. The number of nitrogens with one attached hydrogen (secondary N) is 1. The van der Waals surface area contributed by atoms with Crippen molar-refractivity contribution in [2.45, 2.75) is 51.5 Å². The van der Waals surface area contributed by atoms with Crippen molar-refractivity contribution in [3.8, 4) is 0 Å². The molecular weight excluding hydrogens is 348 g/mol. The topological polar surface area (TPSA) is 46.2 Å². The second kappa shape index (κ2) is 6.84. The molecular formula is C22H25F2NO2. The van der Waals surface area contributed by atoms with E-state index in [1.165, 1.54) is 50.7 Å². The lowest BCUT2D eigenvalue weighted by molar-refractivity contribution is -0.121. The summed E-state index contributed by atoms with van der Waals surface area (Å²) in [6.07, 6.45) is 9.94. The smallest absolute Gasteiger partial charge is 0.244 e. The Bertz CT molecular complexity index is 766. The zero-order chi connectivity index (χ0) is 19.2. The summed E-state index contributed by atoms with van der Waals surface area (Å²) in [5.41, 5.74) is 0.217. The number of carbonyl (C=O) groups is 2. The van der Waals surface area contributed by atoms with Gasteiger partial charge in [-0.25, -0.2) is 8.78 Å². The predicted molar refractivity (Wildman–Crippen MR) is 98.0 cm³/mol. The minimum absolute atomic E-state index is 0.0204. The Balaban J connectivity index is 1.38. The average molecular weight is 373 g/mol. The molecule has 5 heteroatoms. The monoisotopic (exact) mass is 373 g/mol. The summed E-state index contributed by atoms with van der Waals surface area (Å²) in [7, 11) is 0. The van der Waals surface area contributed by atoms with E-state index in [0.29, 0.717) is 0 Å². The minimum atomic E-state index is -1.07. The van der Waals surface area contributed by atoms with Crippen LogP contribution in [0.2, 0.25) is 0 Å². The van der Waals surface area contributed by atoms with Crippen molar-refractivity contribution >= 4 is 11.7 Å². The van der Waals surface area contributed by atoms with Gasteiger partial charge in [0.05, 0.1) is 0 Å². The lowest BCUT2D eigenvalue weighted by atomic mass is 9.48. The number of allylic oxidation sites excluding steroid dienone is 1. The van der Waals surface area contributed by atoms with E-state index in [-0.39, 0.29) is 22.9 Å². The van der Waals surface area contributed by atoms with Gasteiger partial charge in [0, 0.05) is 17.7 Å². The molecule has 4 bridgehead atoms. The largest absolute Gasteiger partial charge is 0.350 e. The second-order valence-electron chi connectivity index (χ2n) is 8.84. The van der Waals surface area contributed by atoms with Crippen molar-refractivity contribution in [2.75, 3.05) is 0 Å². The molecule has 5 rings (SSSR count). The van der Waals surface area contributed by atoms with Gasteiger partial charge in [-0.2, -0.15) is 0 Å². The summed E-state index contributed by atoms with van der Waals surface area (Å²) in [6.45, 7) is 2.08.